The zero-order valence-electron chi connectivity index (χ0n) is 17.8. The van der Waals surface area contributed by atoms with Crippen LogP contribution < -0.4 is 9.47 Å². The van der Waals surface area contributed by atoms with Crippen molar-refractivity contribution in [3.8, 4) is 22.6 Å². The van der Waals surface area contributed by atoms with Gasteiger partial charge in [-0.3, -0.25) is 0 Å². The predicted molar refractivity (Wildman–Crippen MR) is 126 cm³/mol. The Bertz CT molecular complexity index is 731. The highest BCUT2D eigenvalue weighted by molar-refractivity contribution is 6.18. The van der Waals surface area contributed by atoms with E-state index in [1.165, 1.54) is 44.9 Å². The van der Waals surface area contributed by atoms with Crippen LogP contribution in [0.15, 0.2) is 36.4 Å². The topological polar surface area (TPSA) is 18.5 Å². The highest BCUT2D eigenvalue weighted by atomic mass is 35.5. The van der Waals surface area contributed by atoms with E-state index in [2.05, 4.69) is 25.1 Å². The number of alkyl halides is 2. The summed E-state index contributed by atoms with van der Waals surface area (Å²) in [7, 11) is 1.66. The van der Waals surface area contributed by atoms with Gasteiger partial charge >= 0.3 is 0 Å². The van der Waals surface area contributed by atoms with Crippen molar-refractivity contribution < 1.29 is 9.47 Å². The summed E-state index contributed by atoms with van der Waals surface area (Å²) in [5, 5.41) is 0. The first-order valence-electron chi connectivity index (χ1n) is 10.8. The van der Waals surface area contributed by atoms with Gasteiger partial charge in [-0.1, -0.05) is 64.0 Å². The van der Waals surface area contributed by atoms with Crippen molar-refractivity contribution in [1.82, 2.24) is 0 Å². The van der Waals surface area contributed by atoms with E-state index in [0.29, 0.717) is 11.8 Å². The molecule has 0 heterocycles. The largest absolute Gasteiger partial charge is 0.496 e. The molecule has 0 amide bonds. The van der Waals surface area contributed by atoms with Crippen LogP contribution in [0.4, 0.5) is 0 Å². The van der Waals surface area contributed by atoms with Crippen LogP contribution in [0.25, 0.3) is 11.1 Å². The quantitative estimate of drug-likeness (QED) is 0.218. The van der Waals surface area contributed by atoms with E-state index in [9.17, 15) is 0 Å². The first-order chi connectivity index (χ1) is 14.2. The summed E-state index contributed by atoms with van der Waals surface area (Å²) in [6, 6.07) is 12.3. The normalized spacial score (nSPS) is 10.9. The second-order valence-corrected chi connectivity index (χ2v) is 7.97. The second kappa shape index (κ2) is 13.8. The lowest BCUT2D eigenvalue weighted by Gasteiger charge is -2.14. The second-order valence-electron chi connectivity index (χ2n) is 7.44. The summed E-state index contributed by atoms with van der Waals surface area (Å²) >= 11 is 12.3. The Morgan fingerprint density at radius 3 is 2.14 bits per heavy atom. The van der Waals surface area contributed by atoms with Crippen molar-refractivity contribution >= 4 is 23.2 Å². The molecule has 2 nitrogen and oxygen atoms in total. The first kappa shape index (κ1) is 23.9. The van der Waals surface area contributed by atoms with Crippen LogP contribution in [-0.2, 0) is 11.8 Å². The molecule has 0 atom stereocenters. The third-order valence-corrected chi connectivity index (χ3v) is 5.78. The van der Waals surface area contributed by atoms with Crippen molar-refractivity contribution in [2.45, 2.75) is 70.1 Å². The van der Waals surface area contributed by atoms with Crippen LogP contribution in [0.3, 0.4) is 0 Å². The molecule has 0 bridgehead atoms. The lowest BCUT2D eigenvalue weighted by Crippen LogP contribution is -1.98. The molecule has 0 saturated heterocycles. The van der Waals surface area contributed by atoms with Crippen molar-refractivity contribution in [2.75, 3.05) is 13.7 Å². The molecule has 4 heteroatoms. The molecule has 0 unspecified atom stereocenters. The molecule has 2 aromatic rings. The Morgan fingerprint density at radius 1 is 0.793 bits per heavy atom. The van der Waals surface area contributed by atoms with Gasteiger partial charge in [-0.25, -0.2) is 0 Å². The van der Waals surface area contributed by atoms with E-state index in [1.807, 2.05) is 18.2 Å². The maximum atomic E-state index is 6.20. The molecule has 0 saturated carbocycles. The van der Waals surface area contributed by atoms with Gasteiger partial charge in [0.05, 0.1) is 19.6 Å². The molecule has 160 valence electrons. The molecule has 0 aromatic heterocycles. The van der Waals surface area contributed by atoms with E-state index >= 15 is 0 Å². The maximum Gasteiger partial charge on any atom is 0.123 e. The third kappa shape index (κ3) is 7.75. The average Bonchev–Trinajstić information content (AvgIpc) is 2.77. The minimum absolute atomic E-state index is 0.396. The van der Waals surface area contributed by atoms with Gasteiger partial charge in [-0.15, -0.1) is 23.2 Å². The number of halogens is 2. The Labute approximate surface area is 186 Å². The fourth-order valence-corrected chi connectivity index (χ4v) is 3.95. The highest BCUT2D eigenvalue weighted by Gasteiger charge is 2.12. The molecular weight excluding hydrogens is 403 g/mol. The van der Waals surface area contributed by atoms with Crippen LogP contribution in [0.2, 0.25) is 0 Å². The Hall–Kier alpha value is -1.38. The number of hydrogen-bond donors (Lipinski definition) is 0. The smallest absolute Gasteiger partial charge is 0.123 e. The van der Waals surface area contributed by atoms with Gasteiger partial charge in [0.2, 0.25) is 0 Å². The molecule has 29 heavy (non-hydrogen) atoms. The molecule has 0 aliphatic rings. The van der Waals surface area contributed by atoms with Crippen LogP contribution >= 0.6 is 23.2 Å². The molecule has 0 fully saturated rings. The van der Waals surface area contributed by atoms with Gasteiger partial charge in [-0.2, -0.15) is 0 Å². The molecular formula is C25H34Cl2O2. The molecule has 2 aromatic carbocycles. The number of benzene rings is 2. The lowest BCUT2D eigenvalue weighted by molar-refractivity contribution is 0.304. The third-order valence-electron chi connectivity index (χ3n) is 5.21. The van der Waals surface area contributed by atoms with Crippen LogP contribution in [0.1, 0.15) is 69.4 Å². The Balaban J connectivity index is 1.92. The van der Waals surface area contributed by atoms with E-state index in [0.717, 1.165) is 46.8 Å². The minimum Gasteiger partial charge on any atom is -0.496 e. The minimum atomic E-state index is 0.396. The molecule has 0 spiro atoms. The molecule has 0 radical (unpaired) electrons. The van der Waals surface area contributed by atoms with E-state index in [1.54, 1.807) is 7.11 Å². The number of ether oxygens (including phenoxy) is 2. The maximum absolute atomic E-state index is 6.20. The van der Waals surface area contributed by atoms with Gasteiger partial charge in [0.1, 0.15) is 11.5 Å². The zero-order chi connectivity index (χ0) is 20.9. The summed E-state index contributed by atoms with van der Waals surface area (Å²) < 4.78 is 11.4. The monoisotopic (exact) mass is 436 g/mol. The fourth-order valence-electron chi connectivity index (χ4n) is 3.52. The SMILES string of the molecule is CCCCCCCCCCOc1cccc(-c2cc(CCl)c(OC)cc2CCl)c1. The van der Waals surface area contributed by atoms with Crippen LogP contribution in [0.5, 0.6) is 11.5 Å². The zero-order valence-corrected chi connectivity index (χ0v) is 19.3. The van der Waals surface area contributed by atoms with E-state index in [-0.39, 0.29) is 0 Å². The predicted octanol–water partition coefficient (Wildman–Crippen LogP) is 8.36. The summed E-state index contributed by atoms with van der Waals surface area (Å²) in [4.78, 5) is 0. The standard InChI is InChI=1S/C25H34Cl2O2/c1-3-4-5-6-7-8-9-10-14-29-23-13-11-12-20(15-23)24-16-22(19-27)25(28-2)17-21(24)18-26/h11-13,15-17H,3-10,14,18-19H2,1-2H3. The fraction of sp³-hybridized carbons (Fsp3) is 0.520. The van der Waals surface area contributed by atoms with E-state index < -0.39 is 0 Å². The molecule has 0 aliphatic carbocycles. The van der Waals surface area contributed by atoms with Gasteiger partial charge < -0.3 is 9.47 Å². The van der Waals surface area contributed by atoms with Gasteiger partial charge in [-0.05, 0) is 47.4 Å². The molecule has 0 N–H and O–H groups in total. The van der Waals surface area contributed by atoms with Crippen LogP contribution in [-0.4, -0.2) is 13.7 Å². The molecule has 0 aliphatic heterocycles. The number of hydrogen-bond acceptors (Lipinski definition) is 2. The average molecular weight is 437 g/mol. The summed E-state index contributed by atoms with van der Waals surface area (Å²) in [5.41, 5.74) is 4.15. The Kier molecular flexibility index (Phi) is 11.3. The summed E-state index contributed by atoms with van der Waals surface area (Å²) in [6.07, 6.45) is 10.4. The van der Waals surface area contributed by atoms with Gasteiger partial charge in [0.25, 0.3) is 0 Å². The van der Waals surface area contributed by atoms with Crippen LogP contribution in [0, 0.1) is 0 Å². The molecule has 2 rings (SSSR count). The Morgan fingerprint density at radius 2 is 1.48 bits per heavy atom. The van der Waals surface area contributed by atoms with Gasteiger partial charge in [0.15, 0.2) is 0 Å². The van der Waals surface area contributed by atoms with E-state index in [4.69, 9.17) is 32.7 Å². The van der Waals surface area contributed by atoms with Gasteiger partial charge in [0, 0.05) is 11.4 Å². The first-order valence-corrected chi connectivity index (χ1v) is 11.8. The summed E-state index contributed by atoms with van der Waals surface area (Å²) in [6.45, 7) is 3.02. The number of unbranched alkanes of at least 4 members (excludes halogenated alkanes) is 7. The van der Waals surface area contributed by atoms with Crippen molar-refractivity contribution in [3.63, 3.8) is 0 Å². The summed E-state index contributed by atoms with van der Waals surface area (Å²) in [5.74, 6) is 2.49. The van der Waals surface area contributed by atoms with Crippen molar-refractivity contribution in [2.24, 2.45) is 0 Å². The van der Waals surface area contributed by atoms with Crippen molar-refractivity contribution in [1.29, 1.82) is 0 Å². The number of methoxy groups -OCH3 is 1. The highest BCUT2D eigenvalue weighted by Crippen LogP contribution is 2.34. The lowest BCUT2D eigenvalue weighted by atomic mass is 9.97. The van der Waals surface area contributed by atoms with Crippen molar-refractivity contribution in [3.05, 3.63) is 47.5 Å². The number of rotatable bonds is 14.